The van der Waals surface area contributed by atoms with Crippen molar-refractivity contribution in [3.05, 3.63) is 42.5 Å². The van der Waals surface area contributed by atoms with E-state index in [1.165, 1.54) is 5.56 Å². The highest BCUT2D eigenvalue weighted by Gasteiger charge is 2.12. The molecule has 21 heavy (non-hydrogen) atoms. The Morgan fingerprint density at radius 2 is 2.00 bits per heavy atom. The molecule has 0 radical (unpaired) electrons. The van der Waals surface area contributed by atoms with Gasteiger partial charge < -0.3 is 14.6 Å². The predicted octanol–water partition coefficient (Wildman–Crippen LogP) is 2.47. The number of aliphatic hydroxyl groups is 1. The van der Waals surface area contributed by atoms with Crippen molar-refractivity contribution in [2.24, 2.45) is 0 Å². The van der Waals surface area contributed by atoms with Gasteiger partial charge in [-0.3, -0.25) is 4.90 Å². The molecule has 0 aliphatic heterocycles. The molecule has 0 aliphatic rings. The Balaban J connectivity index is 2.56. The Labute approximate surface area is 128 Å². The van der Waals surface area contributed by atoms with Crippen LogP contribution in [0.15, 0.2) is 36.9 Å². The SMILES string of the molecule is C=CCCC(O)CN(CCOC)Cc1ccc(OC)cc1. The van der Waals surface area contributed by atoms with E-state index in [4.69, 9.17) is 9.47 Å². The van der Waals surface area contributed by atoms with Crippen LogP contribution in [0, 0.1) is 0 Å². The van der Waals surface area contributed by atoms with E-state index >= 15 is 0 Å². The third kappa shape index (κ3) is 7.27. The summed E-state index contributed by atoms with van der Waals surface area (Å²) >= 11 is 0. The maximum absolute atomic E-state index is 10.1. The van der Waals surface area contributed by atoms with Crippen LogP contribution in [0.4, 0.5) is 0 Å². The summed E-state index contributed by atoms with van der Waals surface area (Å²) in [5, 5.41) is 10.1. The summed E-state index contributed by atoms with van der Waals surface area (Å²) in [5.41, 5.74) is 1.20. The molecule has 0 heterocycles. The number of aliphatic hydroxyl groups excluding tert-OH is 1. The van der Waals surface area contributed by atoms with Crippen molar-refractivity contribution in [2.75, 3.05) is 33.9 Å². The van der Waals surface area contributed by atoms with Gasteiger partial charge in [-0.05, 0) is 30.5 Å². The fourth-order valence-electron chi connectivity index (χ4n) is 2.14. The Hall–Kier alpha value is -1.36. The number of hydrogen-bond donors (Lipinski definition) is 1. The summed E-state index contributed by atoms with van der Waals surface area (Å²) in [5.74, 6) is 0.855. The third-order valence-corrected chi connectivity index (χ3v) is 3.35. The summed E-state index contributed by atoms with van der Waals surface area (Å²) in [4.78, 5) is 2.21. The molecule has 0 spiro atoms. The number of allylic oxidation sites excluding steroid dienone is 1. The first-order valence-electron chi connectivity index (χ1n) is 7.32. The highest BCUT2D eigenvalue weighted by Crippen LogP contribution is 2.13. The second-order valence-electron chi connectivity index (χ2n) is 5.10. The largest absolute Gasteiger partial charge is 0.497 e. The highest BCUT2D eigenvalue weighted by molar-refractivity contribution is 5.27. The third-order valence-electron chi connectivity index (χ3n) is 3.35. The van der Waals surface area contributed by atoms with Gasteiger partial charge in [0.05, 0.1) is 19.8 Å². The first-order chi connectivity index (χ1) is 10.2. The fraction of sp³-hybridized carbons (Fsp3) is 0.529. The summed E-state index contributed by atoms with van der Waals surface area (Å²) in [7, 11) is 3.36. The molecule has 0 amide bonds. The van der Waals surface area contributed by atoms with Crippen LogP contribution in [0.3, 0.4) is 0 Å². The van der Waals surface area contributed by atoms with Gasteiger partial charge in [-0.25, -0.2) is 0 Å². The zero-order valence-electron chi connectivity index (χ0n) is 13.1. The van der Waals surface area contributed by atoms with E-state index in [2.05, 4.69) is 23.6 Å². The smallest absolute Gasteiger partial charge is 0.118 e. The molecule has 1 atom stereocenters. The maximum Gasteiger partial charge on any atom is 0.118 e. The normalized spacial score (nSPS) is 12.4. The molecule has 1 rings (SSSR count). The fourth-order valence-corrected chi connectivity index (χ4v) is 2.14. The van der Waals surface area contributed by atoms with Gasteiger partial charge in [-0.1, -0.05) is 18.2 Å². The van der Waals surface area contributed by atoms with Gasteiger partial charge in [0.1, 0.15) is 5.75 Å². The van der Waals surface area contributed by atoms with Crippen LogP contribution in [-0.2, 0) is 11.3 Å². The van der Waals surface area contributed by atoms with Gasteiger partial charge in [-0.15, -0.1) is 6.58 Å². The Kier molecular flexibility index (Phi) is 8.74. The van der Waals surface area contributed by atoms with Crippen molar-refractivity contribution in [3.63, 3.8) is 0 Å². The van der Waals surface area contributed by atoms with Crippen molar-refractivity contribution in [1.29, 1.82) is 0 Å². The quantitative estimate of drug-likeness (QED) is 0.636. The summed E-state index contributed by atoms with van der Waals surface area (Å²) in [6.07, 6.45) is 3.09. The van der Waals surface area contributed by atoms with E-state index in [-0.39, 0.29) is 6.10 Å². The second kappa shape index (κ2) is 10.4. The molecular weight excluding hydrogens is 266 g/mol. The molecule has 0 saturated heterocycles. The van der Waals surface area contributed by atoms with Crippen LogP contribution in [0.2, 0.25) is 0 Å². The van der Waals surface area contributed by atoms with Crippen LogP contribution in [0.5, 0.6) is 5.75 Å². The van der Waals surface area contributed by atoms with Crippen LogP contribution in [0.1, 0.15) is 18.4 Å². The molecule has 1 aromatic rings. The van der Waals surface area contributed by atoms with Gasteiger partial charge in [0, 0.05) is 26.7 Å². The van der Waals surface area contributed by atoms with Crippen LogP contribution < -0.4 is 4.74 Å². The number of nitrogens with zero attached hydrogens (tertiary/aromatic N) is 1. The topological polar surface area (TPSA) is 41.9 Å². The lowest BCUT2D eigenvalue weighted by Crippen LogP contribution is -2.34. The van der Waals surface area contributed by atoms with E-state index < -0.39 is 0 Å². The monoisotopic (exact) mass is 293 g/mol. The molecular formula is C17H27NO3. The van der Waals surface area contributed by atoms with Crippen LogP contribution in [0.25, 0.3) is 0 Å². The standard InChI is InChI=1S/C17H27NO3/c1-4-5-6-16(19)14-18(11-12-20-2)13-15-7-9-17(21-3)10-8-15/h4,7-10,16,19H,1,5-6,11-14H2,2-3H3. The summed E-state index contributed by atoms with van der Waals surface area (Å²) in [6.45, 7) is 6.58. The Morgan fingerprint density at radius 3 is 2.57 bits per heavy atom. The zero-order valence-corrected chi connectivity index (χ0v) is 13.1. The number of ether oxygens (including phenoxy) is 2. The van der Waals surface area contributed by atoms with Crippen LogP contribution in [-0.4, -0.2) is 50.0 Å². The number of hydrogen-bond acceptors (Lipinski definition) is 4. The lowest BCUT2D eigenvalue weighted by molar-refractivity contribution is 0.0809. The van der Waals surface area contributed by atoms with E-state index in [0.29, 0.717) is 13.2 Å². The zero-order chi connectivity index (χ0) is 15.5. The summed E-state index contributed by atoms with van der Waals surface area (Å²) in [6, 6.07) is 8.01. The maximum atomic E-state index is 10.1. The van der Waals surface area contributed by atoms with E-state index in [0.717, 1.165) is 31.7 Å². The van der Waals surface area contributed by atoms with Crippen molar-refractivity contribution in [1.82, 2.24) is 4.90 Å². The van der Waals surface area contributed by atoms with Gasteiger partial charge in [0.25, 0.3) is 0 Å². The average molecular weight is 293 g/mol. The van der Waals surface area contributed by atoms with Crippen LogP contribution >= 0.6 is 0 Å². The van der Waals surface area contributed by atoms with Gasteiger partial charge in [0.2, 0.25) is 0 Å². The highest BCUT2D eigenvalue weighted by atomic mass is 16.5. The minimum atomic E-state index is -0.335. The molecule has 1 N–H and O–H groups in total. The van der Waals surface area contributed by atoms with E-state index in [9.17, 15) is 5.11 Å². The molecule has 0 bridgehead atoms. The molecule has 1 aromatic carbocycles. The molecule has 0 fully saturated rings. The second-order valence-corrected chi connectivity index (χ2v) is 5.10. The number of benzene rings is 1. The molecule has 118 valence electrons. The number of rotatable bonds is 11. The minimum Gasteiger partial charge on any atom is -0.497 e. The summed E-state index contributed by atoms with van der Waals surface area (Å²) < 4.78 is 10.3. The van der Waals surface area contributed by atoms with Gasteiger partial charge in [-0.2, -0.15) is 0 Å². The molecule has 0 aliphatic carbocycles. The molecule has 0 aromatic heterocycles. The molecule has 0 saturated carbocycles. The van der Waals surface area contributed by atoms with E-state index in [1.54, 1.807) is 14.2 Å². The van der Waals surface area contributed by atoms with Crippen molar-refractivity contribution < 1.29 is 14.6 Å². The first-order valence-corrected chi connectivity index (χ1v) is 7.32. The Morgan fingerprint density at radius 1 is 1.29 bits per heavy atom. The first kappa shape index (κ1) is 17.7. The Bertz CT molecular complexity index is 392. The molecule has 4 nitrogen and oxygen atoms in total. The average Bonchev–Trinajstić information content (AvgIpc) is 2.51. The lowest BCUT2D eigenvalue weighted by atomic mass is 10.1. The molecule has 1 unspecified atom stereocenters. The molecule has 4 heteroatoms. The van der Waals surface area contributed by atoms with Crippen molar-refractivity contribution >= 4 is 0 Å². The minimum absolute atomic E-state index is 0.335. The predicted molar refractivity (Wildman–Crippen MR) is 85.6 cm³/mol. The van der Waals surface area contributed by atoms with E-state index in [1.807, 2.05) is 18.2 Å². The van der Waals surface area contributed by atoms with Crippen molar-refractivity contribution in [2.45, 2.75) is 25.5 Å². The number of methoxy groups -OCH3 is 2. The van der Waals surface area contributed by atoms with Crippen molar-refractivity contribution in [3.8, 4) is 5.75 Å². The van der Waals surface area contributed by atoms with Gasteiger partial charge in [0.15, 0.2) is 0 Å². The van der Waals surface area contributed by atoms with Gasteiger partial charge >= 0.3 is 0 Å². The lowest BCUT2D eigenvalue weighted by Gasteiger charge is -2.25.